The zero-order chi connectivity index (χ0) is 77.9. The maximum absolute atomic E-state index is 12.9. The number of aliphatic hydroxyl groups is 27. The lowest BCUT2D eigenvalue weighted by atomic mass is 9.94. The summed E-state index contributed by atoms with van der Waals surface area (Å²) in [5.74, 6) is -1.72. The first kappa shape index (κ1) is 87.2. The summed E-state index contributed by atoms with van der Waals surface area (Å²) in [5.41, 5.74) is 0. The van der Waals surface area contributed by atoms with Crippen LogP contribution in [0.2, 0.25) is 0 Å². The van der Waals surface area contributed by atoms with E-state index in [4.69, 9.17) is 80.5 Å². The zero-order valence-corrected chi connectivity index (χ0v) is 56.2. The van der Waals surface area contributed by atoms with Crippen molar-refractivity contribution < 1.29 is 228 Å². The van der Waals surface area contributed by atoms with Crippen molar-refractivity contribution in [1.29, 1.82) is 0 Å². The van der Waals surface area contributed by atoms with Gasteiger partial charge in [-0.3, -0.25) is 9.59 Å². The molecule has 0 aromatic heterocycles. The molecule has 0 radical (unpaired) electrons. The van der Waals surface area contributed by atoms with E-state index in [-0.39, 0.29) is 0 Å². The van der Waals surface area contributed by atoms with Crippen molar-refractivity contribution in [3.63, 3.8) is 0 Å². The molecule has 9 heterocycles. The normalized spacial score (nSPS) is 51.2. The van der Waals surface area contributed by atoms with Crippen LogP contribution >= 0.6 is 0 Å². The molecule has 9 aliphatic rings. The number of hydrogen-bond donors (Lipinski definition) is 29. The highest BCUT2D eigenvalue weighted by Crippen LogP contribution is 2.40. The molecule has 48 heteroatoms. The Morgan fingerprint density at radius 1 is 0.245 bits per heavy atom. The summed E-state index contributed by atoms with van der Waals surface area (Å²) in [6, 6.07) is -3.56. The van der Waals surface area contributed by atoms with Crippen molar-refractivity contribution in [3.05, 3.63) is 0 Å². The second kappa shape index (κ2) is 37.9. The number of nitrogens with one attached hydrogen (secondary N) is 2. The molecule has 616 valence electrons. The lowest BCUT2D eigenvalue weighted by Crippen LogP contribution is -2.70. The first-order valence-electron chi connectivity index (χ1n) is 33.7. The third kappa shape index (κ3) is 18.5. The van der Waals surface area contributed by atoms with Crippen LogP contribution in [-0.4, -0.2) is 485 Å². The summed E-state index contributed by atoms with van der Waals surface area (Å²) in [5, 5.41) is 301. The maximum atomic E-state index is 12.9. The van der Waals surface area contributed by atoms with Gasteiger partial charge >= 0.3 is 0 Å². The summed E-state index contributed by atoms with van der Waals surface area (Å²) in [6.45, 7) is -7.92. The molecule has 0 aliphatic carbocycles. The van der Waals surface area contributed by atoms with Crippen LogP contribution in [0.5, 0.6) is 0 Å². The van der Waals surface area contributed by atoms with Gasteiger partial charge in [0, 0.05) is 13.8 Å². The van der Waals surface area contributed by atoms with E-state index in [0.717, 1.165) is 13.8 Å². The highest BCUT2D eigenvalue weighted by atomic mass is 16.8. The van der Waals surface area contributed by atoms with Crippen LogP contribution in [0.25, 0.3) is 0 Å². The molecule has 0 unspecified atom stereocenters. The lowest BCUT2D eigenvalue weighted by Gasteiger charge is -2.51. The molecular formula is C58H98N2O46. The van der Waals surface area contributed by atoms with Crippen molar-refractivity contribution in [1.82, 2.24) is 10.6 Å². The van der Waals surface area contributed by atoms with Crippen LogP contribution in [0.15, 0.2) is 0 Å². The minimum absolute atomic E-state index is 0.784. The van der Waals surface area contributed by atoms with Gasteiger partial charge in [0.2, 0.25) is 11.8 Å². The first-order chi connectivity index (χ1) is 50.2. The molecule has 9 aliphatic heterocycles. The average molecular weight is 1560 g/mol. The Morgan fingerprint density at radius 2 is 0.509 bits per heavy atom. The molecule has 0 bridgehead atoms. The summed E-state index contributed by atoms with van der Waals surface area (Å²) in [4.78, 5) is 25.0. The van der Waals surface area contributed by atoms with Gasteiger partial charge in [-0.2, -0.15) is 0 Å². The van der Waals surface area contributed by atoms with Crippen LogP contribution in [0, 0.1) is 0 Å². The molecule has 0 aromatic rings. The van der Waals surface area contributed by atoms with Crippen molar-refractivity contribution in [2.24, 2.45) is 0 Å². The van der Waals surface area contributed by atoms with Crippen LogP contribution in [0.4, 0.5) is 0 Å². The fourth-order valence-corrected chi connectivity index (χ4v) is 13.6. The van der Waals surface area contributed by atoms with E-state index in [1.54, 1.807) is 0 Å². The summed E-state index contributed by atoms with van der Waals surface area (Å²) >= 11 is 0. The Balaban J connectivity index is 1.04. The second-order valence-electron chi connectivity index (χ2n) is 26.7. The van der Waals surface area contributed by atoms with Crippen LogP contribution in [0.1, 0.15) is 13.8 Å². The Kier molecular flexibility index (Phi) is 31.1. The topological polar surface area (TPSA) is 761 Å². The molecular weight excluding hydrogens is 1460 g/mol. The van der Waals surface area contributed by atoms with Crippen LogP contribution < -0.4 is 10.6 Å². The Bertz CT molecular complexity index is 2710. The molecule has 48 nitrogen and oxygen atoms in total. The Hall–Kier alpha value is -2.82. The molecule has 45 atom stereocenters. The van der Waals surface area contributed by atoms with Gasteiger partial charge in [-0.1, -0.05) is 0 Å². The van der Waals surface area contributed by atoms with E-state index >= 15 is 0 Å². The molecule has 2 amide bonds. The standard InChI is InChI=1S/C58H98N2O46/c1-12(69)59-23-32(78)43(20(9-67)91-50(23)89)100-51-24(60-13(2)70)33(79)44(21(10-68)98-51)101-55-42(88)46(102-54-41(87)45(30(76)19(8-66)94-54)103-57-48(37(83)28(74)17(6-64)96-57)104-52-39(85)34(80)25(71)14(3-61)92-52)31(77)22(99-55)11-90-56-47(36(82)27(73)16(5-63)95-56)106-58-49(38(84)29(75)18(7-65)97-58)105-53-40(86)35(81)26(72)15(4-62)93-53/h14-58,61-68,71-89H,3-11H2,1-2H3,(H,59,69)(H,60,70)/t14-,15-,16-,17-,18-,19-,20-,21-,22-,23-,24-,25-,26-,27-,28-,29-,30-,31-,32-,33-,34+,35+,36+,37+,38+,39-,40+,41+,42+,43-,44-,45+,46+,47+,48+,49+,50-,51+,52-,53-,54-,55+,56+,57-,58-/m1/s1. The van der Waals surface area contributed by atoms with Gasteiger partial charge in [0.15, 0.2) is 56.6 Å². The first-order valence-corrected chi connectivity index (χ1v) is 33.7. The van der Waals surface area contributed by atoms with Crippen LogP contribution in [0.3, 0.4) is 0 Å². The van der Waals surface area contributed by atoms with Crippen molar-refractivity contribution in [2.45, 2.75) is 290 Å². The predicted molar refractivity (Wildman–Crippen MR) is 320 cm³/mol. The maximum Gasteiger partial charge on any atom is 0.217 e. The highest BCUT2D eigenvalue weighted by molar-refractivity contribution is 5.73. The highest BCUT2D eigenvalue weighted by Gasteiger charge is 2.61. The number of aliphatic hydroxyl groups excluding tert-OH is 27. The zero-order valence-electron chi connectivity index (χ0n) is 56.2. The monoisotopic (exact) mass is 1560 g/mol. The molecule has 106 heavy (non-hydrogen) atoms. The fourth-order valence-electron chi connectivity index (χ4n) is 13.6. The Morgan fingerprint density at radius 3 is 0.915 bits per heavy atom. The summed E-state index contributed by atoms with van der Waals surface area (Å²) in [6.07, 6.45) is -90.9. The average Bonchev–Trinajstić information content (AvgIpc) is 0.776. The quantitative estimate of drug-likeness (QED) is 0.0363. The van der Waals surface area contributed by atoms with Crippen molar-refractivity contribution >= 4 is 11.8 Å². The number of rotatable bonds is 27. The molecule has 9 saturated heterocycles. The van der Waals surface area contributed by atoms with Gasteiger partial charge in [0.1, 0.15) is 220 Å². The SMILES string of the molecule is CC(=O)N[C@@H]1[C@@H](O)[C@H](O[C@@H]2O[C@H](CO)[C@@H](O[C@@H]3O[C@H](CO[C@H]4O[C@H](CO)[C@@H](O)[C@H](O)[C@@H]4O[C@H]4O[C@H](CO)[C@@H](O)[C@H](O)[C@@H]4O[C@H]4O[C@H](CO)[C@@H](O)[C@H](O)[C@@H]4O)[C@@H](O)[C@H](O[C@H]4O[C@H](CO)[C@@H](O)[C@H](O[C@H]5O[C@H](CO)[C@@H](O)[C@H](O)[C@@H]5O[C@H]5O[C@H](CO)[C@@H](O)[C@H](O)[C@H]5O)[C@@H]4O)[C@@H]3O)[C@H](O)[C@H]2NC(C)=O)[C@@H](CO)O[C@H]1O. The van der Waals surface area contributed by atoms with E-state index in [0.29, 0.717) is 0 Å². The van der Waals surface area contributed by atoms with E-state index in [1.807, 2.05) is 0 Å². The number of carbonyl (C=O) groups excluding carboxylic acids is 2. The third-order valence-corrected chi connectivity index (χ3v) is 19.6. The van der Waals surface area contributed by atoms with Crippen LogP contribution in [-0.2, 0) is 90.1 Å². The summed E-state index contributed by atoms with van der Waals surface area (Å²) in [7, 11) is 0. The molecule has 9 fully saturated rings. The minimum atomic E-state index is -2.56. The van der Waals surface area contributed by atoms with E-state index in [2.05, 4.69) is 10.6 Å². The van der Waals surface area contributed by atoms with Gasteiger partial charge in [-0.05, 0) is 0 Å². The molecule has 9 rings (SSSR count). The van der Waals surface area contributed by atoms with Gasteiger partial charge in [-0.15, -0.1) is 0 Å². The molecule has 0 aromatic carbocycles. The number of ether oxygens (including phenoxy) is 17. The van der Waals surface area contributed by atoms with E-state index in [1.165, 1.54) is 0 Å². The minimum Gasteiger partial charge on any atom is -0.394 e. The number of hydrogen-bond acceptors (Lipinski definition) is 46. The molecule has 0 saturated carbocycles. The van der Waals surface area contributed by atoms with E-state index < -0.39 is 348 Å². The third-order valence-electron chi connectivity index (χ3n) is 19.6. The molecule has 29 N–H and O–H groups in total. The predicted octanol–water partition coefficient (Wildman–Crippen LogP) is -20.3. The second-order valence-corrected chi connectivity index (χ2v) is 26.7. The largest absolute Gasteiger partial charge is 0.394 e. The van der Waals surface area contributed by atoms with Gasteiger partial charge in [-0.25, -0.2) is 0 Å². The van der Waals surface area contributed by atoms with Crippen molar-refractivity contribution in [3.8, 4) is 0 Å². The van der Waals surface area contributed by atoms with Gasteiger partial charge in [0.25, 0.3) is 0 Å². The summed E-state index contributed by atoms with van der Waals surface area (Å²) < 4.78 is 99.0. The number of amides is 2. The van der Waals surface area contributed by atoms with Crippen molar-refractivity contribution in [2.75, 3.05) is 59.5 Å². The molecule has 0 spiro atoms. The van der Waals surface area contributed by atoms with Gasteiger partial charge < -0.3 is 229 Å². The van der Waals surface area contributed by atoms with Gasteiger partial charge in [0.05, 0.1) is 59.5 Å². The lowest BCUT2D eigenvalue weighted by molar-refractivity contribution is -0.404. The Labute approximate surface area is 598 Å². The number of carbonyl (C=O) groups is 2. The fraction of sp³-hybridized carbons (Fsp3) is 0.966. The van der Waals surface area contributed by atoms with E-state index in [9.17, 15) is 147 Å². The smallest absolute Gasteiger partial charge is 0.217 e.